The Morgan fingerprint density at radius 2 is 1.54 bits per heavy atom. The Bertz CT molecular complexity index is 537. The van der Waals surface area contributed by atoms with E-state index in [2.05, 4.69) is 26.9 Å². The molecule has 8 heteroatoms. The average molecular weight is 393 g/mol. The van der Waals surface area contributed by atoms with Gasteiger partial charge in [-0.25, -0.2) is 0 Å². The minimum Gasteiger partial charge on any atom is -0.334 e. The van der Waals surface area contributed by atoms with E-state index in [0.717, 1.165) is 11.6 Å². The van der Waals surface area contributed by atoms with Gasteiger partial charge in [-0.1, -0.05) is 12.2 Å². The second kappa shape index (κ2) is 23.1. The van der Waals surface area contributed by atoms with E-state index in [-0.39, 0.29) is 23.0 Å². The molecule has 0 aliphatic carbocycles. The third-order valence-electron chi connectivity index (χ3n) is 2.48. The summed E-state index contributed by atoms with van der Waals surface area (Å²) in [5.74, 6) is 0. The van der Waals surface area contributed by atoms with Gasteiger partial charge in [0, 0.05) is 29.5 Å². The Balaban J connectivity index is -0.000000312. The summed E-state index contributed by atoms with van der Waals surface area (Å²) in [6, 6.07) is 7.32. The SMILES string of the molecule is [C-]#[O+].[C-]#[O+].[C-]#[O+].[CH2-][C]([CH][CH][CH]/C=C/c1ccc([N+](=O)[O-])cc1)N(C)C.[Cr]. The third-order valence-corrected chi connectivity index (χ3v) is 2.48. The number of benzene rings is 1. The van der Waals surface area contributed by atoms with Crippen molar-refractivity contribution in [3.05, 3.63) is 98.2 Å². The van der Waals surface area contributed by atoms with Gasteiger partial charge in [-0.05, 0) is 51.1 Å². The maximum Gasteiger partial charge on any atom is 0.269 e. The van der Waals surface area contributed by atoms with E-state index in [1.165, 1.54) is 12.1 Å². The first-order valence-corrected chi connectivity index (χ1v) is 6.40. The quantitative estimate of drug-likeness (QED) is 0.234. The van der Waals surface area contributed by atoms with E-state index in [4.69, 9.17) is 14.0 Å². The van der Waals surface area contributed by atoms with Crippen LogP contribution >= 0.6 is 0 Å². The Hall–Kier alpha value is -1.93. The number of nitrogens with zero attached hydrogens (tertiary/aromatic N) is 2. The topological polar surface area (TPSA) is 106 Å². The summed E-state index contributed by atoms with van der Waals surface area (Å²) in [4.78, 5) is 12.0. The van der Waals surface area contributed by atoms with E-state index < -0.39 is 4.92 Å². The zero-order valence-electron chi connectivity index (χ0n) is 14.2. The van der Waals surface area contributed by atoms with Crippen molar-refractivity contribution in [1.29, 1.82) is 0 Å². The van der Waals surface area contributed by atoms with Gasteiger partial charge in [0.2, 0.25) is 0 Å². The van der Waals surface area contributed by atoms with Gasteiger partial charge >= 0.3 is 33.9 Å². The van der Waals surface area contributed by atoms with Crippen molar-refractivity contribution >= 4 is 11.8 Å². The molecule has 0 unspecified atom stereocenters. The number of rotatable bonds is 7. The van der Waals surface area contributed by atoms with Crippen molar-refractivity contribution in [2.45, 2.75) is 0 Å². The fraction of sp³-hybridized carbons (Fsp3) is 0.111. The van der Waals surface area contributed by atoms with Crippen molar-refractivity contribution in [2.75, 3.05) is 14.1 Å². The molecule has 0 bridgehead atoms. The summed E-state index contributed by atoms with van der Waals surface area (Å²) in [5.41, 5.74) is 1.02. The van der Waals surface area contributed by atoms with E-state index in [1.807, 2.05) is 50.4 Å². The molecule has 0 heterocycles. The molecule has 0 aliphatic rings. The summed E-state index contributed by atoms with van der Waals surface area (Å²) >= 11 is 0. The number of non-ortho nitro benzene ring substituents is 1. The smallest absolute Gasteiger partial charge is 0.269 e. The van der Waals surface area contributed by atoms with Crippen LogP contribution < -0.4 is 0 Å². The fourth-order valence-electron chi connectivity index (χ4n) is 1.25. The number of hydrogen-bond acceptors (Lipinski definition) is 3. The van der Waals surface area contributed by atoms with Crippen molar-refractivity contribution in [3.63, 3.8) is 0 Å². The van der Waals surface area contributed by atoms with Crippen molar-refractivity contribution < 1.29 is 36.2 Å². The first-order chi connectivity index (χ1) is 12.0. The van der Waals surface area contributed by atoms with Crippen molar-refractivity contribution in [3.8, 4) is 0 Å². The molecular formula is C18H17CrN2O5-. The predicted molar refractivity (Wildman–Crippen MR) is 89.1 cm³/mol. The molecule has 1 aromatic rings. The monoisotopic (exact) mass is 393 g/mol. The van der Waals surface area contributed by atoms with Gasteiger partial charge in [0.05, 0.1) is 4.92 Å². The number of hydrogen-bond donors (Lipinski definition) is 0. The fourth-order valence-corrected chi connectivity index (χ4v) is 1.25. The summed E-state index contributed by atoms with van der Waals surface area (Å²) in [6.07, 6.45) is 9.44. The molecule has 0 saturated heterocycles. The molecular weight excluding hydrogens is 376 g/mol. The molecule has 4 radical (unpaired) electrons. The zero-order valence-corrected chi connectivity index (χ0v) is 15.5. The Morgan fingerprint density at radius 3 is 1.92 bits per heavy atom. The summed E-state index contributed by atoms with van der Waals surface area (Å²) in [5, 5.41) is 10.5. The molecule has 0 spiro atoms. The third kappa shape index (κ3) is 16.9. The van der Waals surface area contributed by atoms with Gasteiger partial charge in [0.15, 0.2) is 0 Å². The minimum absolute atomic E-state index is 0. The summed E-state index contributed by atoms with van der Waals surface area (Å²) in [6.45, 7) is 17.4. The van der Waals surface area contributed by atoms with Crippen LogP contribution in [0, 0.1) is 62.3 Å². The largest absolute Gasteiger partial charge is 0.334 e. The average Bonchev–Trinajstić information content (AvgIpc) is 2.66. The van der Waals surface area contributed by atoms with Crippen molar-refractivity contribution in [2.24, 2.45) is 0 Å². The van der Waals surface area contributed by atoms with Gasteiger partial charge in [-0.3, -0.25) is 10.1 Å². The first-order valence-electron chi connectivity index (χ1n) is 6.40. The number of nitro benzene ring substituents is 1. The predicted octanol–water partition coefficient (Wildman–Crippen LogP) is 3.03. The van der Waals surface area contributed by atoms with Gasteiger partial charge in [-0.15, -0.1) is 6.04 Å². The maximum atomic E-state index is 10.5. The molecule has 1 rings (SSSR count). The standard InChI is InChI=1S/C15H17N2O2.3CO.Cr/c1-13(16(2)3)7-5-4-6-8-14-9-11-15(12-10-14)17(18)19;3*1-2;/h4-12H,1H2,2-3H3;;;;/q-1;;;;/b8-6+;;;;. The molecule has 0 fully saturated rings. The molecule has 0 saturated carbocycles. The second-order valence-corrected chi connectivity index (χ2v) is 4.15. The van der Waals surface area contributed by atoms with Crippen LogP contribution in [0.15, 0.2) is 30.3 Å². The second-order valence-electron chi connectivity index (χ2n) is 4.15. The van der Waals surface area contributed by atoms with Crippen LogP contribution in [0.25, 0.3) is 6.08 Å². The van der Waals surface area contributed by atoms with Gasteiger partial charge in [0.25, 0.3) is 5.69 Å². The number of unbranched alkanes of at least 4 members (excludes halogenated alkanes) is 1. The number of allylic oxidation sites excluding steroid dienone is 1. The number of nitro groups is 1. The normalized spacial score (nSPS) is 8.73. The van der Waals surface area contributed by atoms with Crippen molar-refractivity contribution in [1.82, 2.24) is 4.90 Å². The van der Waals surface area contributed by atoms with Gasteiger partial charge in [0.1, 0.15) is 0 Å². The molecule has 1 aromatic carbocycles. The van der Waals surface area contributed by atoms with Crippen LogP contribution in [0.1, 0.15) is 5.56 Å². The zero-order chi connectivity index (χ0) is 20.3. The molecule has 7 nitrogen and oxygen atoms in total. The minimum atomic E-state index is -0.408. The van der Waals surface area contributed by atoms with Gasteiger partial charge in [-0.2, -0.15) is 0 Å². The molecule has 0 atom stereocenters. The van der Waals surface area contributed by atoms with Crippen LogP contribution in [-0.2, 0) is 31.3 Å². The van der Waals surface area contributed by atoms with E-state index in [0.29, 0.717) is 0 Å². The Morgan fingerprint density at radius 1 is 1.08 bits per heavy atom. The Kier molecular flexibility index (Phi) is 28.2. The van der Waals surface area contributed by atoms with Crippen LogP contribution in [0.4, 0.5) is 5.69 Å². The van der Waals surface area contributed by atoms with E-state index in [9.17, 15) is 10.1 Å². The van der Waals surface area contributed by atoms with E-state index >= 15 is 0 Å². The molecule has 26 heavy (non-hydrogen) atoms. The molecule has 136 valence electrons. The molecule has 0 amide bonds. The first kappa shape index (κ1) is 31.8. The molecule has 0 aromatic heterocycles. The summed E-state index contributed by atoms with van der Waals surface area (Å²) < 4.78 is 22.5. The molecule has 0 aliphatic heterocycles. The maximum absolute atomic E-state index is 10.5. The Labute approximate surface area is 165 Å². The van der Waals surface area contributed by atoms with E-state index in [1.54, 1.807) is 12.1 Å². The summed E-state index contributed by atoms with van der Waals surface area (Å²) in [7, 11) is 3.86. The molecule has 0 N–H and O–H groups in total. The van der Waals surface area contributed by atoms with Crippen LogP contribution in [-0.4, -0.2) is 23.9 Å². The van der Waals surface area contributed by atoms with Crippen LogP contribution in [0.5, 0.6) is 0 Å². The van der Waals surface area contributed by atoms with Gasteiger partial charge < -0.3 is 11.8 Å². The van der Waals surface area contributed by atoms with Crippen LogP contribution in [0.3, 0.4) is 0 Å². The van der Waals surface area contributed by atoms with Crippen LogP contribution in [0.2, 0.25) is 0 Å².